The molecular formula is C18H30N3O4PSi. The van der Waals surface area contributed by atoms with Crippen molar-refractivity contribution in [2.75, 3.05) is 13.2 Å². The van der Waals surface area contributed by atoms with Crippen molar-refractivity contribution in [1.82, 2.24) is 14.8 Å². The van der Waals surface area contributed by atoms with Crippen LogP contribution in [-0.4, -0.2) is 36.3 Å². The molecule has 0 unspecified atom stereocenters. The predicted molar refractivity (Wildman–Crippen MR) is 110 cm³/mol. The van der Waals surface area contributed by atoms with E-state index >= 15 is 0 Å². The fraction of sp³-hybridized carbons (Fsp3) is 0.556. The van der Waals surface area contributed by atoms with Gasteiger partial charge in [0, 0.05) is 0 Å². The highest BCUT2D eigenvalue weighted by molar-refractivity contribution is 7.61. The smallest absolute Gasteiger partial charge is 0.398 e. The fourth-order valence-corrected chi connectivity index (χ4v) is 4.56. The van der Waals surface area contributed by atoms with Crippen molar-refractivity contribution in [1.29, 1.82) is 0 Å². The van der Waals surface area contributed by atoms with Crippen molar-refractivity contribution in [2.24, 2.45) is 0 Å². The van der Waals surface area contributed by atoms with Crippen LogP contribution in [-0.2, 0) is 13.6 Å². The van der Waals surface area contributed by atoms with E-state index in [4.69, 9.17) is 13.5 Å². The lowest BCUT2D eigenvalue weighted by molar-refractivity contribution is 0.228. The number of rotatable bonds is 8. The molecule has 0 bridgehead atoms. The third-order valence-corrected chi connectivity index (χ3v) is 10.8. The number of nitrogens with zero attached hydrogens (tertiary/aromatic N) is 3. The van der Waals surface area contributed by atoms with Gasteiger partial charge in [-0.25, -0.2) is 4.68 Å². The molecule has 0 aliphatic heterocycles. The normalized spacial score (nSPS) is 13.0. The molecule has 0 amide bonds. The van der Waals surface area contributed by atoms with Gasteiger partial charge in [-0.15, -0.1) is 5.10 Å². The summed E-state index contributed by atoms with van der Waals surface area (Å²) in [4.78, 5) is 4.45. The summed E-state index contributed by atoms with van der Waals surface area (Å²) in [7, 11) is -5.80. The van der Waals surface area contributed by atoms with Gasteiger partial charge in [0.1, 0.15) is 0 Å². The van der Waals surface area contributed by atoms with Gasteiger partial charge in [0.15, 0.2) is 0 Å². The van der Waals surface area contributed by atoms with Crippen LogP contribution in [0.5, 0.6) is 6.01 Å². The maximum atomic E-state index is 13.4. The van der Waals surface area contributed by atoms with E-state index in [1.807, 2.05) is 30.3 Å². The summed E-state index contributed by atoms with van der Waals surface area (Å²) < 4.78 is 32.1. The molecule has 0 saturated carbocycles. The second-order valence-corrected chi connectivity index (χ2v) is 14.3. The van der Waals surface area contributed by atoms with E-state index < -0.39 is 15.9 Å². The molecule has 1 aromatic heterocycles. The highest BCUT2D eigenvalue weighted by atomic mass is 31.2. The third kappa shape index (κ3) is 4.88. The molecule has 27 heavy (non-hydrogen) atoms. The molecule has 0 aliphatic carbocycles. The van der Waals surface area contributed by atoms with Crippen LogP contribution in [0.2, 0.25) is 18.1 Å². The van der Waals surface area contributed by atoms with Crippen molar-refractivity contribution >= 4 is 21.5 Å². The van der Waals surface area contributed by atoms with Crippen LogP contribution < -0.4 is 9.99 Å². The van der Waals surface area contributed by atoms with Gasteiger partial charge in [-0.3, -0.25) is 4.57 Å². The lowest BCUT2D eigenvalue weighted by Crippen LogP contribution is -2.44. The first kappa shape index (κ1) is 21.8. The van der Waals surface area contributed by atoms with Gasteiger partial charge in [0.25, 0.3) is 8.32 Å². The minimum Gasteiger partial charge on any atom is -0.516 e. The summed E-state index contributed by atoms with van der Waals surface area (Å²) in [6.07, 6.45) is 0. The molecule has 1 aromatic carbocycles. The van der Waals surface area contributed by atoms with Crippen LogP contribution >= 0.6 is 7.60 Å². The zero-order chi connectivity index (χ0) is 20.3. The van der Waals surface area contributed by atoms with E-state index in [1.165, 1.54) is 4.68 Å². The molecule has 0 aliphatic rings. The van der Waals surface area contributed by atoms with Gasteiger partial charge < -0.3 is 13.5 Å². The largest absolute Gasteiger partial charge is 0.516 e. The van der Waals surface area contributed by atoms with E-state index in [1.54, 1.807) is 13.8 Å². The van der Waals surface area contributed by atoms with Crippen LogP contribution in [0.15, 0.2) is 30.3 Å². The Kier molecular flexibility index (Phi) is 6.68. The fourth-order valence-electron chi connectivity index (χ4n) is 2.12. The monoisotopic (exact) mass is 411 g/mol. The molecule has 0 radical (unpaired) electrons. The van der Waals surface area contributed by atoms with E-state index in [-0.39, 0.29) is 29.8 Å². The summed E-state index contributed by atoms with van der Waals surface area (Å²) in [6, 6.07) is 9.56. The lowest BCUT2D eigenvalue weighted by atomic mass is 10.2. The number of para-hydroxylation sites is 1. The van der Waals surface area contributed by atoms with E-state index in [2.05, 4.69) is 43.9 Å². The third-order valence-electron chi connectivity index (χ3n) is 4.57. The Labute approximate surface area is 162 Å². The van der Waals surface area contributed by atoms with Gasteiger partial charge in [-0.2, -0.15) is 4.98 Å². The van der Waals surface area contributed by atoms with Crippen molar-refractivity contribution in [2.45, 2.75) is 52.8 Å². The molecular weight excluding hydrogens is 381 g/mol. The van der Waals surface area contributed by atoms with Crippen LogP contribution in [0.4, 0.5) is 0 Å². The number of hydrogen-bond donors (Lipinski definition) is 0. The first-order valence-electron chi connectivity index (χ1n) is 9.15. The quantitative estimate of drug-likeness (QED) is 0.469. The molecule has 9 heteroatoms. The first-order valence-corrected chi connectivity index (χ1v) is 13.6. The number of hydrogen-bond acceptors (Lipinski definition) is 6. The van der Waals surface area contributed by atoms with Crippen molar-refractivity contribution in [3.63, 3.8) is 0 Å². The topological polar surface area (TPSA) is 75.5 Å². The standard InChI is InChI=1S/C18H30N3O4PSi/c1-8-23-26(22,24-9-2)17-19-16(25-27(6,7)18(3,4)5)20-21(17)15-13-11-10-12-14-15/h10-14H,8-9H2,1-7H3. The van der Waals surface area contributed by atoms with Gasteiger partial charge in [0.2, 0.25) is 5.57 Å². The molecule has 7 nitrogen and oxygen atoms in total. The van der Waals surface area contributed by atoms with Gasteiger partial charge in [-0.05, 0) is 44.1 Å². The Balaban J connectivity index is 2.58. The second kappa shape index (κ2) is 8.27. The Morgan fingerprint density at radius 3 is 2.11 bits per heavy atom. The van der Waals surface area contributed by atoms with Crippen LogP contribution in [0.1, 0.15) is 34.6 Å². The van der Waals surface area contributed by atoms with Crippen LogP contribution in [0.3, 0.4) is 0 Å². The van der Waals surface area contributed by atoms with Gasteiger partial charge >= 0.3 is 13.6 Å². The average molecular weight is 412 g/mol. The number of aromatic nitrogens is 3. The Morgan fingerprint density at radius 2 is 1.63 bits per heavy atom. The maximum absolute atomic E-state index is 13.4. The van der Waals surface area contributed by atoms with Crippen molar-refractivity contribution < 1.29 is 18.0 Å². The summed E-state index contributed by atoms with van der Waals surface area (Å²) in [6.45, 7) is 14.6. The van der Waals surface area contributed by atoms with Crippen LogP contribution in [0, 0.1) is 0 Å². The van der Waals surface area contributed by atoms with Crippen molar-refractivity contribution in [3.05, 3.63) is 30.3 Å². The van der Waals surface area contributed by atoms with E-state index in [9.17, 15) is 4.57 Å². The maximum Gasteiger partial charge on any atom is 0.398 e. The molecule has 0 spiro atoms. The first-order chi connectivity index (χ1) is 12.5. The number of benzene rings is 1. The highest BCUT2D eigenvalue weighted by Crippen LogP contribution is 2.47. The lowest BCUT2D eigenvalue weighted by Gasteiger charge is -2.34. The molecule has 0 N–H and O–H groups in total. The Morgan fingerprint density at radius 1 is 1.07 bits per heavy atom. The molecule has 150 valence electrons. The molecule has 2 rings (SSSR count). The SMILES string of the molecule is CCOP(=O)(OCC)c1nc(O[Si](C)(C)C(C)(C)C)nn1-c1ccccc1. The average Bonchev–Trinajstić information content (AvgIpc) is 2.99. The van der Waals surface area contributed by atoms with E-state index in [0.717, 1.165) is 0 Å². The predicted octanol–water partition coefficient (Wildman–Crippen LogP) is 4.54. The molecule has 2 aromatic rings. The minimum absolute atomic E-state index is 0.0189. The highest BCUT2D eigenvalue weighted by Gasteiger charge is 2.41. The Bertz CT molecular complexity index is 793. The second-order valence-electron chi connectivity index (χ2n) is 7.64. The van der Waals surface area contributed by atoms with Crippen molar-refractivity contribution in [3.8, 4) is 11.7 Å². The summed E-state index contributed by atoms with van der Waals surface area (Å²) in [5.41, 5.74) is 0.843. The molecule has 0 fully saturated rings. The van der Waals surface area contributed by atoms with Crippen LogP contribution in [0.25, 0.3) is 5.69 Å². The molecule has 1 heterocycles. The zero-order valence-electron chi connectivity index (χ0n) is 17.2. The zero-order valence-corrected chi connectivity index (χ0v) is 19.1. The minimum atomic E-state index is -3.64. The van der Waals surface area contributed by atoms with Gasteiger partial charge in [0.05, 0.1) is 18.9 Å². The summed E-state index contributed by atoms with van der Waals surface area (Å²) >= 11 is 0. The molecule has 0 atom stereocenters. The van der Waals surface area contributed by atoms with Gasteiger partial charge in [-0.1, -0.05) is 39.0 Å². The Hall–Kier alpha value is -1.47. The summed E-state index contributed by atoms with van der Waals surface area (Å²) in [5, 5.41) is 4.48. The molecule has 0 saturated heterocycles. The summed E-state index contributed by atoms with van der Waals surface area (Å²) in [5.74, 6) is 0. The van der Waals surface area contributed by atoms with E-state index in [0.29, 0.717) is 5.69 Å².